The van der Waals surface area contributed by atoms with Crippen LogP contribution in [0.2, 0.25) is 5.02 Å². The molecule has 0 radical (unpaired) electrons. The molecule has 130 valence electrons. The molecular weight excluding hydrogens is 364 g/mol. The molecule has 0 spiro atoms. The van der Waals surface area contributed by atoms with E-state index in [0.29, 0.717) is 16.1 Å². The van der Waals surface area contributed by atoms with E-state index in [-0.39, 0.29) is 22.5 Å². The fourth-order valence-corrected chi connectivity index (χ4v) is 3.19. The Kier molecular flexibility index (Phi) is 5.15. The smallest absolute Gasteiger partial charge is 0.350 e. The van der Waals surface area contributed by atoms with Crippen molar-refractivity contribution in [2.24, 2.45) is 0 Å². The number of amides is 1. The molecule has 1 aliphatic rings. The Hall–Kier alpha value is -2.25. The van der Waals surface area contributed by atoms with Gasteiger partial charge in [-0.2, -0.15) is 4.37 Å². The molecule has 6 nitrogen and oxygen atoms in total. The van der Waals surface area contributed by atoms with Gasteiger partial charge in [-0.15, -0.1) is 0 Å². The van der Waals surface area contributed by atoms with Crippen LogP contribution in [0.4, 0.5) is 0 Å². The van der Waals surface area contributed by atoms with Crippen molar-refractivity contribution in [2.75, 3.05) is 6.61 Å². The number of hydrogen-bond donors (Lipinski definition) is 1. The van der Waals surface area contributed by atoms with Crippen molar-refractivity contribution in [2.45, 2.75) is 25.8 Å². The highest BCUT2D eigenvalue weighted by molar-refractivity contribution is 7.08. The fraction of sp³-hybridized carbons (Fsp3) is 0.294. The molecule has 1 saturated carbocycles. The molecule has 1 fully saturated rings. The van der Waals surface area contributed by atoms with Gasteiger partial charge in [0.2, 0.25) is 5.78 Å². The Bertz CT molecular complexity index is 845. The van der Waals surface area contributed by atoms with Gasteiger partial charge in [-0.05, 0) is 43.4 Å². The van der Waals surface area contributed by atoms with Crippen LogP contribution in [0.1, 0.15) is 48.9 Å². The van der Waals surface area contributed by atoms with Crippen LogP contribution in [0.25, 0.3) is 0 Å². The highest BCUT2D eigenvalue weighted by Gasteiger charge is 2.28. The molecule has 0 atom stereocenters. The van der Waals surface area contributed by atoms with Crippen LogP contribution in [-0.4, -0.2) is 34.7 Å². The van der Waals surface area contributed by atoms with Crippen LogP contribution >= 0.6 is 23.1 Å². The number of esters is 1. The summed E-state index contributed by atoms with van der Waals surface area (Å²) >= 11 is 6.84. The van der Waals surface area contributed by atoms with Gasteiger partial charge in [0.05, 0.1) is 5.02 Å². The quantitative estimate of drug-likeness (QED) is 0.616. The zero-order valence-electron chi connectivity index (χ0n) is 13.4. The summed E-state index contributed by atoms with van der Waals surface area (Å²) in [5.41, 5.74) is 0.974. The van der Waals surface area contributed by atoms with Crippen molar-refractivity contribution < 1.29 is 19.1 Å². The lowest BCUT2D eigenvalue weighted by Crippen LogP contribution is -2.26. The molecule has 1 amide bonds. The molecule has 0 saturated heterocycles. The number of carbonyl (C=O) groups is 3. The van der Waals surface area contributed by atoms with E-state index in [4.69, 9.17) is 16.3 Å². The van der Waals surface area contributed by atoms with Gasteiger partial charge >= 0.3 is 5.97 Å². The highest BCUT2D eigenvalue weighted by atomic mass is 35.5. The van der Waals surface area contributed by atoms with Gasteiger partial charge in [-0.1, -0.05) is 23.7 Å². The fourth-order valence-electron chi connectivity index (χ4n) is 2.18. The van der Waals surface area contributed by atoms with Crippen LogP contribution in [0.5, 0.6) is 0 Å². The number of ketones is 1. The molecule has 0 aliphatic heterocycles. The molecule has 1 aromatic heterocycles. The zero-order valence-corrected chi connectivity index (χ0v) is 14.9. The van der Waals surface area contributed by atoms with E-state index < -0.39 is 18.4 Å². The Morgan fingerprint density at radius 1 is 1.32 bits per heavy atom. The number of aromatic nitrogens is 1. The Morgan fingerprint density at radius 2 is 2.04 bits per heavy atom. The number of Topliss-reactive ketones (excluding diaryl/α,β-unsaturated/α-hetero) is 1. The normalized spacial score (nSPS) is 13.4. The summed E-state index contributed by atoms with van der Waals surface area (Å²) in [4.78, 5) is 36.5. The first-order chi connectivity index (χ1) is 12.0. The molecule has 2 aromatic rings. The summed E-state index contributed by atoms with van der Waals surface area (Å²) in [5, 5.41) is 3.13. The molecule has 1 N–H and O–H groups in total. The topological polar surface area (TPSA) is 85.4 Å². The van der Waals surface area contributed by atoms with E-state index in [0.717, 1.165) is 24.4 Å². The van der Waals surface area contributed by atoms with Crippen molar-refractivity contribution in [3.63, 3.8) is 0 Å². The van der Waals surface area contributed by atoms with Crippen LogP contribution in [0.3, 0.4) is 0 Å². The van der Waals surface area contributed by atoms with E-state index in [9.17, 15) is 14.4 Å². The van der Waals surface area contributed by atoms with Crippen LogP contribution in [-0.2, 0) is 4.74 Å². The number of ether oxygens (including phenoxy) is 1. The highest BCUT2D eigenvalue weighted by Crippen LogP contribution is 2.23. The number of benzene rings is 1. The molecule has 1 aliphatic carbocycles. The van der Waals surface area contributed by atoms with Gasteiger partial charge in [0, 0.05) is 17.2 Å². The molecular formula is C17H15ClN2O4S. The number of rotatable bonds is 6. The third-order valence-electron chi connectivity index (χ3n) is 3.75. The zero-order chi connectivity index (χ0) is 18.0. The predicted octanol–water partition coefficient (Wildman–Crippen LogP) is 3.04. The van der Waals surface area contributed by atoms with E-state index in [1.54, 1.807) is 31.2 Å². The molecule has 25 heavy (non-hydrogen) atoms. The third kappa shape index (κ3) is 4.05. The standard InChI is InChI=1S/C17H15ClN2O4S/c1-9-14(16(22)19-10-6-7-10)20-25-15(9)17(23)24-8-13(21)11-4-2-3-5-12(11)18/h2-5,10H,6-8H2,1H3,(H,19,22). The average Bonchev–Trinajstić information content (AvgIpc) is 3.32. The molecule has 0 unspecified atom stereocenters. The number of nitrogens with one attached hydrogen (secondary N) is 1. The van der Waals surface area contributed by atoms with E-state index >= 15 is 0 Å². The minimum Gasteiger partial charge on any atom is -0.453 e. The number of nitrogens with zero attached hydrogens (tertiary/aromatic N) is 1. The minimum absolute atomic E-state index is 0.206. The largest absolute Gasteiger partial charge is 0.453 e. The summed E-state index contributed by atoms with van der Waals surface area (Å²) in [7, 11) is 0. The van der Waals surface area contributed by atoms with Crippen LogP contribution in [0, 0.1) is 6.92 Å². The first-order valence-electron chi connectivity index (χ1n) is 7.69. The maximum Gasteiger partial charge on any atom is 0.350 e. The molecule has 3 rings (SSSR count). The summed E-state index contributed by atoms with van der Waals surface area (Å²) < 4.78 is 9.10. The SMILES string of the molecule is Cc1c(C(=O)NC2CC2)nsc1C(=O)OCC(=O)c1ccccc1Cl. The maximum atomic E-state index is 12.2. The summed E-state index contributed by atoms with van der Waals surface area (Å²) in [6.07, 6.45) is 1.93. The van der Waals surface area contributed by atoms with Gasteiger partial charge < -0.3 is 10.1 Å². The van der Waals surface area contributed by atoms with E-state index in [1.807, 2.05) is 0 Å². The number of hydrogen-bond acceptors (Lipinski definition) is 6. The molecule has 1 aromatic carbocycles. The van der Waals surface area contributed by atoms with Crippen molar-refractivity contribution in [3.05, 3.63) is 51.0 Å². The monoisotopic (exact) mass is 378 g/mol. The van der Waals surface area contributed by atoms with Crippen LogP contribution in [0.15, 0.2) is 24.3 Å². The third-order valence-corrected chi connectivity index (χ3v) is 5.00. The van der Waals surface area contributed by atoms with Crippen molar-refractivity contribution in [1.29, 1.82) is 0 Å². The van der Waals surface area contributed by atoms with Gasteiger partial charge in [0.25, 0.3) is 5.91 Å². The number of halogens is 1. The van der Waals surface area contributed by atoms with Crippen molar-refractivity contribution in [3.8, 4) is 0 Å². The first kappa shape index (κ1) is 17.6. The summed E-state index contributed by atoms with van der Waals surface area (Å²) in [6.45, 7) is 1.21. The Balaban J connectivity index is 1.63. The Morgan fingerprint density at radius 3 is 2.72 bits per heavy atom. The minimum atomic E-state index is -0.680. The van der Waals surface area contributed by atoms with Gasteiger partial charge in [-0.3, -0.25) is 9.59 Å². The first-order valence-corrected chi connectivity index (χ1v) is 8.84. The second kappa shape index (κ2) is 7.33. The summed E-state index contributed by atoms with van der Waals surface area (Å²) in [6, 6.07) is 6.75. The predicted molar refractivity (Wildman–Crippen MR) is 93.4 cm³/mol. The van der Waals surface area contributed by atoms with Crippen molar-refractivity contribution >= 4 is 40.8 Å². The average molecular weight is 379 g/mol. The van der Waals surface area contributed by atoms with Gasteiger partial charge in [0.15, 0.2) is 6.61 Å². The van der Waals surface area contributed by atoms with Crippen LogP contribution < -0.4 is 5.32 Å². The van der Waals surface area contributed by atoms with Crippen molar-refractivity contribution in [1.82, 2.24) is 9.69 Å². The molecule has 8 heteroatoms. The molecule has 1 heterocycles. The van der Waals surface area contributed by atoms with E-state index in [2.05, 4.69) is 9.69 Å². The lowest BCUT2D eigenvalue weighted by molar-refractivity contribution is 0.0479. The number of carbonyl (C=O) groups excluding carboxylic acids is 3. The second-order valence-corrected chi connectivity index (χ2v) is 6.89. The summed E-state index contributed by atoms with van der Waals surface area (Å²) in [5.74, 6) is -1.36. The lowest BCUT2D eigenvalue weighted by atomic mass is 10.1. The van der Waals surface area contributed by atoms with Gasteiger partial charge in [0.1, 0.15) is 10.6 Å². The maximum absolute atomic E-state index is 12.2. The van der Waals surface area contributed by atoms with E-state index in [1.165, 1.54) is 0 Å². The Labute approximate surface area is 153 Å². The molecule has 0 bridgehead atoms. The lowest BCUT2D eigenvalue weighted by Gasteiger charge is -2.05. The second-order valence-electron chi connectivity index (χ2n) is 5.71. The van der Waals surface area contributed by atoms with Gasteiger partial charge in [-0.25, -0.2) is 4.79 Å².